The molecular formula is C6H18O6. The molecule has 0 rings (SSSR count). The fourth-order valence-corrected chi connectivity index (χ4v) is 0. The number of carbonyl (C=O) groups is 3. The number of rotatable bonds is 0. The van der Waals surface area contributed by atoms with Gasteiger partial charge in [-0.1, -0.05) is 0 Å². The first-order valence-corrected chi connectivity index (χ1v) is 2.21. The van der Waals surface area contributed by atoms with Crippen LogP contribution in [0.15, 0.2) is 0 Å². The Morgan fingerprint density at radius 2 is 0.500 bits per heavy atom. The first-order valence-electron chi connectivity index (χ1n) is 2.21. The molecule has 0 saturated heterocycles. The van der Waals surface area contributed by atoms with Crippen LogP contribution in [-0.2, 0) is 14.4 Å². The fraction of sp³-hybridized carbons (Fsp3) is 0.500. The normalized spacial score (nSPS) is 2.50. The lowest BCUT2D eigenvalue weighted by molar-refractivity contribution is -0.0987. The second-order valence-electron chi connectivity index (χ2n) is 0. The number of aliphatic hydroxyl groups excluding tert-OH is 3. The van der Waals surface area contributed by atoms with Gasteiger partial charge in [-0.05, 0) is 0 Å². The van der Waals surface area contributed by atoms with Gasteiger partial charge in [0.1, 0.15) is 20.4 Å². The summed E-state index contributed by atoms with van der Waals surface area (Å²) in [7, 11) is 3.00. The lowest BCUT2D eigenvalue weighted by atomic mass is 11.8. The molecule has 0 fully saturated rings. The van der Waals surface area contributed by atoms with E-state index in [1.165, 1.54) is 0 Å². The average Bonchev–Trinajstić information content (AvgIpc) is 2.33. The number of carbonyl (C=O) groups excluding carboxylic acids is 3. The van der Waals surface area contributed by atoms with E-state index < -0.39 is 0 Å². The zero-order valence-electron chi connectivity index (χ0n) is 7.69. The number of aliphatic hydroxyl groups is 3. The summed E-state index contributed by atoms with van der Waals surface area (Å²) in [5.74, 6) is 0. The van der Waals surface area contributed by atoms with Gasteiger partial charge in [0.25, 0.3) is 0 Å². The highest BCUT2D eigenvalue weighted by Gasteiger charge is 0.843. The van der Waals surface area contributed by atoms with Gasteiger partial charge in [-0.3, -0.25) is 0 Å². The molecule has 12 heavy (non-hydrogen) atoms. The van der Waals surface area contributed by atoms with Crippen LogP contribution in [-0.4, -0.2) is 57.0 Å². The molecule has 0 radical (unpaired) electrons. The topological polar surface area (TPSA) is 112 Å². The summed E-state index contributed by atoms with van der Waals surface area (Å²) in [4.78, 5) is 24.0. The van der Waals surface area contributed by atoms with E-state index in [0.29, 0.717) is 0 Å². The van der Waals surface area contributed by atoms with Gasteiger partial charge >= 0.3 is 0 Å². The lowest BCUT2D eigenvalue weighted by Gasteiger charge is -1.21. The largest absolute Gasteiger partial charge is 0.400 e. The van der Waals surface area contributed by atoms with Crippen LogP contribution in [0.2, 0.25) is 0 Å². The molecule has 0 heterocycles. The van der Waals surface area contributed by atoms with Crippen molar-refractivity contribution in [1.82, 2.24) is 0 Å². The molecule has 0 saturated carbocycles. The Balaban J connectivity index is -0.00000000900. The van der Waals surface area contributed by atoms with Crippen LogP contribution in [0.1, 0.15) is 0 Å². The van der Waals surface area contributed by atoms with Gasteiger partial charge in [0, 0.05) is 21.3 Å². The number of hydrogen-bond acceptors (Lipinski definition) is 6. The van der Waals surface area contributed by atoms with Gasteiger partial charge in [-0.15, -0.1) is 0 Å². The molecule has 0 aliphatic carbocycles. The fourth-order valence-electron chi connectivity index (χ4n) is 0. The third kappa shape index (κ3) is 449. The van der Waals surface area contributed by atoms with Crippen molar-refractivity contribution in [3.8, 4) is 0 Å². The quantitative estimate of drug-likeness (QED) is 0.414. The van der Waals surface area contributed by atoms with Crippen molar-refractivity contribution in [3.63, 3.8) is 0 Å². The van der Waals surface area contributed by atoms with Gasteiger partial charge < -0.3 is 29.7 Å². The van der Waals surface area contributed by atoms with Crippen LogP contribution >= 0.6 is 0 Å². The predicted molar refractivity (Wildman–Crippen MR) is 45.8 cm³/mol. The van der Waals surface area contributed by atoms with Crippen molar-refractivity contribution >= 4 is 20.4 Å². The van der Waals surface area contributed by atoms with Crippen molar-refractivity contribution in [2.24, 2.45) is 0 Å². The van der Waals surface area contributed by atoms with E-state index in [9.17, 15) is 0 Å². The lowest BCUT2D eigenvalue weighted by Crippen LogP contribution is -1.25. The van der Waals surface area contributed by atoms with Gasteiger partial charge in [0.2, 0.25) is 0 Å². The van der Waals surface area contributed by atoms with Gasteiger partial charge in [-0.25, -0.2) is 0 Å². The molecule has 0 aromatic heterocycles. The van der Waals surface area contributed by atoms with Crippen LogP contribution in [0.25, 0.3) is 0 Å². The van der Waals surface area contributed by atoms with Crippen LogP contribution in [0, 0.1) is 0 Å². The average molecular weight is 186 g/mol. The molecule has 0 atom stereocenters. The molecule has 0 amide bonds. The van der Waals surface area contributed by atoms with Gasteiger partial charge in [0.15, 0.2) is 0 Å². The van der Waals surface area contributed by atoms with E-state index in [1.54, 1.807) is 0 Å². The third-order valence-corrected chi connectivity index (χ3v) is 0. The van der Waals surface area contributed by atoms with Crippen molar-refractivity contribution in [2.45, 2.75) is 0 Å². The first kappa shape index (κ1) is 44.5. The summed E-state index contributed by atoms with van der Waals surface area (Å²) in [6.45, 7) is 6.00. The molecule has 0 spiro atoms. The molecular weight excluding hydrogens is 168 g/mol. The molecule has 0 aliphatic heterocycles. The summed E-state index contributed by atoms with van der Waals surface area (Å²) in [6.07, 6.45) is 0. The Kier molecular flexibility index (Phi) is 2350. The van der Waals surface area contributed by atoms with E-state index in [1.807, 2.05) is 20.4 Å². The van der Waals surface area contributed by atoms with Crippen molar-refractivity contribution < 1.29 is 29.7 Å². The molecule has 0 bridgehead atoms. The molecule has 3 N–H and O–H groups in total. The highest BCUT2D eigenvalue weighted by molar-refractivity contribution is 5.11. The maximum Gasteiger partial charge on any atom is 0.106 e. The van der Waals surface area contributed by atoms with Crippen LogP contribution in [0.3, 0.4) is 0 Å². The van der Waals surface area contributed by atoms with E-state index in [4.69, 9.17) is 29.7 Å². The zero-order valence-corrected chi connectivity index (χ0v) is 7.69. The van der Waals surface area contributed by atoms with E-state index in [2.05, 4.69) is 0 Å². The summed E-state index contributed by atoms with van der Waals surface area (Å²) < 4.78 is 0. The Morgan fingerprint density at radius 1 is 0.500 bits per heavy atom. The zero-order chi connectivity index (χ0) is 12.0. The maximum absolute atomic E-state index is 8.00. The number of hydrogen-bond donors (Lipinski definition) is 3. The van der Waals surface area contributed by atoms with E-state index >= 15 is 0 Å². The second-order valence-corrected chi connectivity index (χ2v) is 0. The molecule has 6 nitrogen and oxygen atoms in total. The molecule has 0 aromatic rings. The van der Waals surface area contributed by atoms with Crippen molar-refractivity contribution in [2.75, 3.05) is 21.3 Å². The minimum atomic E-state index is 1.00. The molecule has 6 heteroatoms. The Bertz CT molecular complexity index is 16.8. The van der Waals surface area contributed by atoms with Gasteiger partial charge in [0.05, 0.1) is 0 Å². The molecule has 0 unspecified atom stereocenters. The Morgan fingerprint density at radius 3 is 0.500 bits per heavy atom. The smallest absolute Gasteiger partial charge is 0.106 e. The van der Waals surface area contributed by atoms with Crippen LogP contribution < -0.4 is 0 Å². The van der Waals surface area contributed by atoms with Crippen molar-refractivity contribution in [3.05, 3.63) is 0 Å². The van der Waals surface area contributed by atoms with Crippen LogP contribution in [0.5, 0.6) is 0 Å². The molecule has 0 aromatic carbocycles. The summed E-state index contributed by atoms with van der Waals surface area (Å²) in [6, 6.07) is 0. The highest BCUT2D eigenvalue weighted by Crippen LogP contribution is 0.759. The van der Waals surface area contributed by atoms with E-state index in [-0.39, 0.29) is 0 Å². The second kappa shape index (κ2) is 634. The Hall–Kier alpha value is -1.11. The standard InChI is InChI=1S/3CH4O.3CH2O/c6*1-2/h3*2H,1H3;3*1H2. The van der Waals surface area contributed by atoms with E-state index in [0.717, 1.165) is 21.3 Å². The maximum atomic E-state index is 8.00. The molecule has 78 valence electrons. The molecule has 0 aliphatic rings. The third-order valence-electron chi connectivity index (χ3n) is 0. The Labute approximate surface area is 72.5 Å². The summed E-state index contributed by atoms with van der Waals surface area (Å²) in [5.41, 5.74) is 0. The predicted octanol–water partition coefficient (Wildman–Crippen LogP) is -1.73. The van der Waals surface area contributed by atoms with Gasteiger partial charge in [-0.2, -0.15) is 0 Å². The highest BCUT2D eigenvalue weighted by atomic mass is 16.2. The first-order chi connectivity index (χ1) is 6.00. The minimum Gasteiger partial charge on any atom is -0.400 e. The summed E-state index contributed by atoms with van der Waals surface area (Å²) >= 11 is 0. The minimum absolute atomic E-state index is 1.00. The summed E-state index contributed by atoms with van der Waals surface area (Å²) in [5, 5.41) is 21.0. The SMILES string of the molecule is C=O.C=O.C=O.CO.CO.CO. The van der Waals surface area contributed by atoms with Crippen molar-refractivity contribution in [1.29, 1.82) is 0 Å². The van der Waals surface area contributed by atoms with Crippen LogP contribution in [0.4, 0.5) is 0 Å². The monoisotopic (exact) mass is 186 g/mol.